The highest BCUT2D eigenvalue weighted by Crippen LogP contribution is 2.34. The molecule has 0 spiro atoms. The molecule has 0 saturated carbocycles. The van der Waals surface area contributed by atoms with Crippen LogP contribution in [-0.2, 0) is 22.6 Å². The summed E-state index contributed by atoms with van der Waals surface area (Å²) in [6, 6.07) is 10.3. The predicted molar refractivity (Wildman–Crippen MR) is 89.5 cm³/mol. The maximum absolute atomic E-state index is 13.7. The number of nitrogens with one attached hydrogen (secondary N) is 2. The van der Waals surface area contributed by atoms with Crippen LogP contribution in [0.4, 0.5) is 18.0 Å². The highest BCUT2D eigenvalue weighted by atomic mass is 19.4. The number of rotatable bonds is 6. The molecule has 1 aliphatic rings. The van der Waals surface area contributed by atoms with Crippen LogP contribution in [0, 0.1) is 0 Å². The first-order chi connectivity index (χ1) is 13.2. The van der Waals surface area contributed by atoms with Crippen molar-refractivity contribution in [1.82, 2.24) is 15.5 Å². The van der Waals surface area contributed by atoms with E-state index < -0.39 is 36.2 Å². The average molecular weight is 395 g/mol. The van der Waals surface area contributed by atoms with Gasteiger partial charge in [-0.05, 0) is 24.1 Å². The molecular formula is C18H16F3N3O4. The molecule has 148 valence electrons. The second-order valence-electron chi connectivity index (χ2n) is 6.18. The molecule has 3 rings (SSSR count). The van der Waals surface area contributed by atoms with Gasteiger partial charge in [0, 0.05) is 6.42 Å². The third kappa shape index (κ3) is 3.71. The van der Waals surface area contributed by atoms with Crippen molar-refractivity contribution in [3.63, 3.8) is 0 Å². The number of alkyl halides is 3. The summed E-state index contributed by atoms with van der Waals surface area (Å²) < 4.78 is 46.1. The number of amides is 4. The number of urea groups is 1. The Morgan fingerprint density at radius 1 is 1.14 bits per heavy atom. The lowest BCUT2D eigenvalue weighted by atomic mass is 10.1. The second kappa shape index (κ2) is 7.37. The van der Waals surface area contributed by atoms with Gasteiger partial charge in [-0.15, -0.1) is 0 Å². The standard InChI is InChI=1S/C18H16F3N3O4/c19-18(20,21)17(22-14(25)9-8-12-5-2-1-3-6-12)15(26)24(16(27)23-17)11-13-7-4-10-28-13/h1-7,10H,8-9,11H2,(H,22,25)(H,23,27)/t17-/m0/s1. The molecule has 1 fully saturated rings. The Morgan fingerprint density at radius 3 is 2.46 bits per heavy atom. The Labute approximate surface area is 157 Å². The fraction of sp³-hybridized carbons (Fsp3) is 0.278. The van der Waals surface area contributed by atoms with Gasteiger partial charge in [-0.3, -0.25) is 19.8 Å². The first kappa shape index (κ1) is 19.5. The molecule has 1 aliphatic heterocycles. The summed E-state index contributed by atoms with van der Waals surface area (Å²) >= 11 is 0. The third-order valence-corrected chi connectivity index (χ3v) is 4.24. The number of aryl methyl sites for hydroxylation is 1. The number of benzene rings is 1. The van der Waals surface area contributed by atoms with Crippen LogP contribution in [0.2, 0.25) is 0 Å². The molecule has 4 amide bonds. The van der Waals surface area contributed by atoms with Crippen molar-refractivity contribution in [1.29, 1.82) is 0 Å². The smallest absolute Gasteiger partial charge is 0.440 e. The first-order valence-corrected chi connectivity index (χ1v) is 8.31. The fourth-order valence-electron chi connectivity index (χ4n) is 2.80. The number of furan rings is 1. The largest absolute Gasteiger partial charge is 0.467 e. The van der Waals surface area contributed by atoms with Crippen molar-refractivity contribution in [3.8, 4) is 0 Å². The molecule has 28 heavy (non-hydrogen) atoms. The summed E-state index contributed by atoms with van der Waals surface area (Å²) in [4.78, 5) is 37.0. The SMILES string of the molecule is O=C(CCc1ccccc1)N[C@]1(C(F)(F)F)NC(=O)N(Cc2ccco2)C1=O. The minimum absolute atomic E-state index is 0.122. The Balaban J connectivity index is 1.76. The lowest BCUT2D eigenvalue weighted by molar-refractivity contribution is -0.204. The van der Waals surface area contributed by atoms with E-state index in [-0.39, 0.29) is 18.6 Å². The van der Waals surface area contributed by atoms with Gasteiger partial charge in [0.2, 0.25) is 5.91 Å². The number of nitrogens with zero attached hydrogens (tertiary/aromatic N) is 1. The number of carbonyl (C=O) groups is 3. The van der Waals surface area contributed by atoms with Crippen LogP contribution in [0.25, 0.3) is 0 Å². The van der Waals surface area contributed by atoms with Crippen LogP contribution in [-0.4, -0.2) is 34.6 Å². The van der Waals surface area contributed by atoms with Gasteiger partial charge in [0.05, 0.1) is 12.8 Å². The van der Waals surface area contributed by atoms with E-state index in [2.05, 4.69) is 0 Å². The zero-order chi connectivity index (χ0) is 20.4. The van der Waals surface area contributed by atoms with Crippen LogP contribution in [0.15, 0.2) is 53.1 Å². The molecule has 0 unspecified atom stereocenters. The van der Waals surface area contributed by atoms with Gasteiger partial charge in [0.15, 0.2) is 0 Å². The molecule has 0 radical (unpaired) electrons. The van der Waals surface area contributed by atoms with Gasteiger partial charge < -0.3 is 9.73 Å². The summed E-state index contributed by atoms with van der Waals surface area (Å²) in [5.41, 5.74) is -2.76. The maximum Gasteiger partial charge on any atom is 0.440 e. The van der Waals surface area contributed by atoms with Crippen molar-refractivity contribution in [2.75, 3.05) is 0 Å². The van der Waals surface area contributed by atoms with Gasteiger partial charge in [0.1, 0.15) is 5.76 Å². The van der Waals surface area contributed by atoms with Crippen molar-refractivity contribution in [2.24, 2.45) is 0 Å². The fourth-order valence-corrected chi connectivity index (χ4v) is 2.80. The number of imide groups is 1. The van der Waals surface area contributed by atoms with E-state index in [1.807, 2.05) is 0 Å². The van der Waals surface area contributed by atoms with E-state index in [0.717, 1.165) is 5.56 Å². The zero-order valence-corrected chi connectivity index (χ0v) is 14.5. The topological polar surface area (TPSA) is 91.7 Å². The minimum atomic E-state index is -5.24. The van der Waals surface area contributed by atoms with E-state index >= 15 is 0 Å². The van der Waals surface area contributed by atoms with Crippen molar-refractivity contribution in [2.45, 2.75) is 31.2 Å². The summed E-state index contributed by atoms with van der Waals surface area (Å²) in [5.74, 6) is -2.51. The third-order valence-electron chi connectivity index (χ3n) is 4.24. The van der Waals surface area contributed by atoms with Gasteiger partial charge in [-0.2, -0.15) is 13.2 Å². The molecule has 1 aromatic carbocycles. The number of hydrogen-bond donors (Lipinski definition) is 2. The normalized spacial score (nSPS) is 19.6. The van der Waals surface area contributed by atoms with E-state index in [9.17, 15) is 27.6 Å². The molecule has 1 aromatic heterocycles. The number of carbonyl (C=O) groups excluding carboxylic acids is 3. The predicted octanol–water partition coefficient (Wildman–Crippen LogP) is 2.34. The molecule has 0 bridgehead atoms. The van der Waals surface area contributed by atoms with E-state index in [1.165, 1.54) is 18.4 Å². The molecule has 2 aromatic rings. The zero-order valence-electron chi connectivity index (χ0n) is 14.5. The van der Waals surface area contributed by atoms with Crippen molar-refractivity contribution < 1.29 is 32.0 Å². The highest BCUT2D eigenvalue weighted by molar-refractivity contribution is 6.08. The summed E-state index contributed by atoms with van der Waals surface area (Å²) in [6.07, 6.45) is -4.09. The number of halogens is 3. The minimum Gasteiger partial charge on any atom is -0.467 e. The lowest BCUT2D eigenvalue weighted by Crippen LogP contribution is -2.69. The lowest BCUT2D eigenvalue weighted by Gasteiger charge is -2.29. The van der Waals surface area contributed by atoms with Gasteiger partial charge in [-0.1, -0.05) is 30.3 Å². The van der Waals surface area contributed by atoms with E-state index in [0.29, 0.717) is 4.90 Å². The molecule has 0 aliphatic carbocycles. The Kier molecular flexibility index (Phi) is 5.12. The number of hydrogen-bond acceptors (Lipinski definition) is 4. The average Bonchev–Trinajstić information content (AvgIpc) is 3.23. The van der Waals surface area contributed by atoms with Crippen LogP contribution >= 0.6 is 0 Å². The van der Waals surface area contributed by atoms with Crippen LogP contribution in [0.1, 0.15) is 17.7 Å². The van der Waals surface area contributed by atoms with E-state index in [1.54, 1.807) is 41.0 Å². The van der Waals surface area contributed by atoms with Crippen LogP contribution < -0.4 is 10.6 Å². The van der Waals surface area contributed by atoms with Gasteiger partial charge in [0.25, 0.3) is 11.6 Å². The summed E-state index contributed by atoms with van der Waals surface area (Å²) in [5, 5.41) is 3.26. The molecule has 7 nitrogen and oxygen atoms in total. The Bertz CT molecular complexity index is 868. The molecule has 10 heteroatoms. The molecular weight excluding hydrogens is 379 g/mol. The van der Waals surface area contributed by atoms with Crippen LogP contribution in [0.3, 0.4) is 0 Å². The van der Waals surface area contributed by atoms with E-state index in [4.69, 9.17) is 4.42 Å². The summed E-state index contributed by atoms with van der Waals surface area (Å²) in [6.45, 7) is -0.491. The molecule has 2 heterocycles. The second-order valence-corrected chi connectivity index (χ2v) is 6.18. The van der Waals surface area contributed by atoms with Crippen molar-refractivity contribution >= 4 is 17.8 Å². The Hall–Kier alpha value is -3.30. The first-order valence-electron chi connectivity index (χ1n) is 8.31. The van der Waals surface area contributed by atoms with Gasteiger partial charge >= 0.3 is 12.2 Å². The molecule has 2 N–H and O–H groups in total. The summed E-state index contributed by atoms with van der Waals surface area (Å²) in [7, 11) is 0. The quantitative estimate of drug-likeness (QED) is 0.735. The molecule has 1 saturated heterocycles. The van der Waals surface area contributed by atoms with Gasteiger partial charge in [-0.25, -0.2) is 4.79 Å². The van der Waals surface area contributed by atoms with Crippen molar-refractivity contribution in [3.05, 3.63) is 60.1 Å². The monoisotopic (exact) mass is 395 g/mol. The molecule has 1 atom stereocenters. The van der Waals surface area contributed by atoms with Crippen LogP contribution in [0.5, 0.6) is 0 Å². The Morgan fingerprint density at radius 2 is 1.86 bits per heavy atom. The maximum atomic E-state index is 13.7. The highest BCUT2D eigenvalue weighted by Gasteiger charge is 2.68.